The first kappa shape index (κ1) is 13.2. The molecule has 0 aliphatic rings. The van der Waals surface area contributed by atoms with Crippen molar-refractivity contribution in [1.29, 1.82) is 0 Å². The van der Waals surface area contributed by atoms with E-state index in [1.807, 2.05) is 0 Å². The molecule has 1 aromatic rings. The zero-order valence-corrected chi connectivity index (χ0v) is 11.1. The summed E-state index contributed by atoms with van der Waals surface area (Å²) in [6.07, 6.45) is 0. The van der Waals surface area contributed by atoms with Crippen LogP contribution in [0.3, 0.4) is 0 Å². The number of hydrogen-bond acceptors (Lipinski definition) is 2. The van der Waals surface area contributed by atoms with Crippen molar-refractivity contribution in [2.45, 2.75) is 46.7 Å². The van der Waals surface area contributed by atoms with Gasteiger partial charge in [-0.1, -0.05) is 31.5 Å². The summed E-state index contributed by atoms with van der Waals surface area (Å²) >= 11 is 0. The second-order valence-corrected chi connectivity index (χ2v) is 4.92. The minimum Gasteiger partial charge on any atom is -0.329 e. The number of nitrogens with two attached hydrogens (primary N) is 1. The molecule has 0 aromatic heterocycles. The first-order valence-electron chi connectivity index (χ1n) is 5.99. The summed E-state index contributed by atoms with van der Waals surface area (Å²) in [5.74, 6) is 0. The molecule has 90 valence electrons. The van der Waals surface area contributed by atoms with Gasteiger partial charge in [0, 0.05) is 18.6 Å². The number of rotatable bonds is 4. The van der Waals surface area contributed by atoms with E-state index >= 15 is 0 Å². The van der Waals surface area contributed by atoms with E-state index in [0.29, 0.717) is 12.6 Å². The fourth-order valence-corrected chi connectivity index (χ4v) is 2.41. The van der Waals surface area contributed by atoms with Crippen LogP contribution in [0.25, 0.3) is 0 Å². The standard InChI is InChI=1S/C14H24N2/c1-9(2)16-13(8-15)14-11(4)6-10(3)7-12(14)5/h6-7,9,13,16H,8,15H2,1-5H3. The van der Waals surface area contributed by atoms with Crippen molar-refractivity contribution < 1.29 is 0 Å². The SMILES string of the molecule is Cc1cc(C)c(C(CN)NC(C)C)c(C)c1. The van der Waals surface area contributed by atoms with Gasteiger partial charge in [0.1, 0.15) is 0 Å². The van der Waals surface area contributed by atoms with E-state index in [2.05, 4.69) is 52.1 Å². The first-order valence-corrected chi connectivity index (χ1v) is 5.99. The highest BCUT2D eigenvalue weighted by Gasteiger charge is 2.15. The average Bonchev–Trinajstić information content (AvgIpc) is 2.13. The minimum absolute atomic E-state index is 0.264. The summed E-state index contributed by atoms with van der Waals surface area (Å²) in [5, 5.41) is 3.52. The maximum Gasteiger partial charge on any atom is 0.0451 e. The monoisotopic (exact) mass is 220 g/mol. The number of nitrogens with one attached hydrogen (secondary N) is 1. The predicted molar refractivity (Wildman–Crippen MR) is 70.7 cm³/mol. The van der Waals surface area contributed by atoms with Gasteiger partial charge < -0.3 is 11.1 Å². The van der Waals surface area contributed by atoms with Crippen LogP contribution in [0.4, 0.5) is 0 Å². The summed E-state index contributed by atoms with van der Waals surface area (Å²) in [7, 11) is 0. The number of hydrogen-bond donors (Lipinski definition) is 2. The molecule has 0 aliphatic heterocycles. The fraction of sp³-hybridized carbons (Fsp3) is 0.571. The normalized spacial score (nSPS) is 13.2. The van der Waals surface area contributed by atoms with E-state index in [1.165, 1.54) is 22.3 Å². The first-order chi connectivity index (χ1) is 7.45. The summed E-state index contributed by atoms with van der Waals surface area (Å²) in [5.41, 5.74) is 11.2. The molecular weight excluding hydrogens is 196 g/mol. The molecule has 0 amide bonds. The average molecular weight is 220 g/mol. The largest absolute Gasteiger partial charge is 0.329 e. The Morgan fingerprint density at radius 2 is 1.62 bits per heavy atom. The number of benzene rings is 1. The van der Waals surface area contributed by atoms with Crippen molar-refractivity contribution in [2.75, 3.05) is 6.54 Å². The molecule has 1 atom stereocenters. The van der Waals surface area contributed by atoms with Crippen LogP contribution in [-0.2, 0) is 0 Å². The van der Waals surface area contributed by atoms with Crippen molar-refractivity contribution >= 4 is 0 Å². The Bertz CT molecular complexity index is 333. The molecule has 3 N–H and O–H groups in total. The Kier molecular flexibility index (Phi) is 4.51. The van der Waals surface area contributed by atoms with Gasteiger partial charge in [-0.05, 0) is 37.5 Å². The second kappa shape index (κ2) is 5.46. The Labute approximate surface area is 99.2 Å². The third-order valence-corrected chi connectivity index (χ3v) is 2.86. The van der Waals surface area contributed by atoms with Crippen LogP contribution in [0.2, 0.25) is 0 Å². The van der Waals surface area contributed by atoms with E-state index < -0.39 is 0 Å². The van der Waals surface area contributed by atoms with Crippen LogP contribution >= 0.6 is 0 Å². The maximum absolute atomic E-state index is 5.87. The molecule has 0 fully saturated rings. The van der Waals surface area contributed by atoms with E-state index in [9.17, 15) is 0 Å². The molecule has 1 unspecified atom stereocenters. The quantitative estimate of drug-likeness (QED) is 0.818. The lowest BCUT2D eigenvalue weighted by Gasteiger charge is -2.24. The lowest BCUT2D eigenvalue weighted by molar-refractivity contribution is 0.480. The molecule has 16 heavy (non-hydrogen) atoms. The molecule has 0 saturated carbocycles. The topological polar surface area (TPSA) is 38.0 Å². The molecule has 2 nitrogen and oxygen atoms in total. The van der Waals surface area contributed by atoms with Crippen molar-refractivity contribution in [2.24, 2.45) is 5.73 Å². The van der Waals surface area contributed by atoms with E-state index in [1.54, 1.807) is 0 Å². The van der Waals surface area contributed by atoms with Crippen molar-refractivity contribution in [1.82, 2.24) is 5.32 Å². The molecule has 1 rings (SSSR count). The van der Waals surface area contributed by atoms with Crippen LogP contribution in [-0.4, -0.2) is 12.6 Å². The minimum atomic E-state index is 0.264. The van der Waals surface area contributed by atoms with Gasteiger partial charge in [0.2, 0.25) is 0 Å². The van der Waals surface area contributed by atoms with Crippen LogP contribution < -0.4 is 11.1 Å². The van der Waals surface area contributed by atoms with E-state index in [4.69, 9.17) is 5.73 Å². The Hall–Kier alpha value is -0.860. The predicted octanol–water partition coefficient (Wildman–Crippen LogP) is 2.61. The van der Waals surface area contributed by atoms with Gasteiger partial charge in [0.05, 0.1) is 0 Å². The molecular formula is C14H24N2. The molecule has 0 heterocycles. The lowest BCUT2D eigenvalue weighted by atomic mass is 9.93. The van der Waals surface area contributed by atoms with Crippen molar-refractivity contribution in [3.8, 4) is 0 Å². The third kappa shape index (κ3) is 3.06. The highest BCUT2D eigenvalue weighted by atomic mass is 15.0. The molecule has 1 aromatic carbocycles. The van der Waals surface area contributed by atoms with Crippen LogP contribution in [0, 0.1) is 20.8 Å². The highest BCUT2D eigenvalue weighted by molar-refractivity contribution is 5.39. The summed E-state index contributed by atoms with van der Waals surface area (Å²) in [6.45, 7) is 11.4. The van der Waals surface area contributed by atoms with Gasteiger partial charge in [-0.2, -0.15) is 0 Å². The van der Waals surface area contributed by atoms with E-state index in [-0.39, 0.29) is 6.04 Å². The Balaban J connectivity index is 3.09. The van der Waals surface area contributed by atoms with Crippen molar-refractivity contribution in [3.05, 3.63) is 34.4 Å². The summed E-state index contributed by atoms with van der Waals surface area (Å²) in [6, 6.07) is 5.18. The smallest absolute Gasteiger partial charge is 0.0451 e. The third-order valence-electron chi connectivity index (χ3n) is 2.86. The fourth-order valence-electron chi connectivity index (χ4n) is 2.41. The van der Waals surface area contributed by atoms with Gasteiger partial charge in [-0.15, -0.1) is 0 Å². The zero-order valence-electron chi connectivity index (χ0n) is 11.1. The molecule has 0 bridgehead atoms. The summed E-state index contributed by atoms with van der Waals surface area (Å²) in [4.78, 5) is 0. The molecule has 0 radical (unpaired) electrons. The van der Waals surface area contributed by atoms with Gasteiger partial charge >= 0.3 is 0 Å². The lowest BCUT2D eigenvalue weighted by Crippen LogP contribution is -2.34. The Morgan fingerprint density at radius 3 is 2.00 bits per heavy atom. The molecule has 0 spiro atoms. The maximum atomic E-state index is 5.87. The number of aryl methyl sites for hydroxylation is 3. The highest BCUT2D eigenvalue weighted by Crippen LogP contribution is 2.23. The Morgan fingerprint density at radius 1 is 1.12 bits per heavy atom. The van der Waals surface area contributed by atoms with Crippen LogP contribution in [0.1, 0.15) is 42.1 Å². The van der Waals surface area contributed by atoms with Gasteiger partial charge in [-0.25, -0.2) is 0 Å². The zero-order chi connectivity index (χ0) is 12.3. The van der Waals surface area contributed by atoms with Crippen LogP contribution in [0.15, 0.2) is 12.1 Å². The molecule has 2 heteroatoms. The molecule has 0 aliphatic carbocycles. The summed E-state index contributed by atoms with van der Waals surface area (Å²) < 4.78 is 0. The van der Waals surface area contributed by atoms with Crippen LogP contribution in [0.5, 0.6) is 0 Å². The molecule has 0 saturated heterocycles. The van der Waals surface area contributed by atoms with Gasteiger partial charge in [-0.3, -0.25) is 0 Å². The second-order valence-electron chi connectivity index (χ2n) is 4.92. The van der Waals surface area contributed by atoms with Crippen molar-refractivity contribution in [3.63, 3.8) is 0 Å². The van der Waals surface area contributed by atoms with Gasteiger partial charge in [0.15, 0.2) is 0 Å². The van der Waals surface area contributed by atoms with Gasteiger partial charge in [0.25, 0.3) is 0 Å². The van der Waals surface area contributed by atoms with E-state index in [0.717, 1.165) is 0 Å².